The summed E-state index contributed by atoms with van der Waals surface area (Å²) in [5.41, 5.74) is 3.13. The molecule has 0 saturated carbocycles. The van der Waals surface area contributed by atoms with Crippen LogP contribution in [0.25, 0.3) is 5.69 Å². The van der Waals surface area contributed by atoms with Crippen molar-refractivity contribution in [3.8, 4) is 5.69 Å². The highest BCUT2D eigenvalue weighted by Gasteiger charge is 2.23. The summed E-state index contributed by atoms with van der Waals surface area (Å²) in [6, 6.07) is 16.9. The number of benzene rings is 2. The molecule has 0 unspecified atom stereocenters. The molecule has 0 fully saturated rings. The second-order valence-electron chi connectivity index (χ2n) is 9.19. The lowest BCUT2D eigenvalue weighted by molar-refractivity contribution is -0.117. The van der Waals surface area contributed by atoms with E-state index in [0.29, 0.717) is 24.5 Å². The zero-order valence-electron chi connectivity index (χ0n) is 20.3. The van der Waals surface area contributed by atoms with Crippen molar-refractivity contribution in [3.63, 3.8) is 0 Å². The Kier molecular flexibility index (Phi) is 8.28. The average Bonchev–Trinajstić information content (AvgIpc) is 3.21. The van der Waals surface area contributed by atoms with Gasteiger partial charge in [0.05, 0.1) is 18.0 Å². The van der Waals surface area contributed by atoms with E-state index in [9.17, 15) is 9.59 Å². The van der Waals surface area contributed by atoms with Gasteiger partial charge in [0.25, 0.3) is 5.91 Å². The molecule has 0 aliphatic rings. The van der Waals surface area contributed by atoms with Crippen LogP contribution in [0.4, 0.5) is 5.82 Å². The number of nitrogens with zero attached hydrogens (tertiary/aromatic N) is 3. The molecule has 0 saturated heterocycles. The highest BCUT2D eigenvalue weighted by molar-refractivity contribution is 9.10. The van der Waals surface area contributed by atoms with E-state index in [-0.39, 0.29) is 23.8 Å². The van der Waals surface area contributed by atoms with E-state index in [1.54, 1.807) is 30.0 Å². The zero-order chi connectivity index (χ0) is 24.9. The number of rotatable bonds is 8. The molecule has 0 spiro atoms. The summed E-state index contributed by atoms with van der Waals surface area (Å²) in [5.74, 6) is 0.00414. The molecule has 1 N–H and O–H groups in total. The molecule has 0 radical (unpaired) electrons. The van der Waals surface area contributed by atoms with E-state index in [4.69, 9.17) is 9.84 Å². The van der Waals surface area contributed by atoms with Crippen LogP contribution in [0.1, 0.15) is 42.4 Å². The van der Waals surface area contributed by atoms with Gasteiger partial charge in [0.2, 0.25) is 5.91 Å². The SMILES string of the molecule is COCCN(CC(=O)Nc1cc(C(C)(C)C)nn1-c1ccc(C)cc1)C(=O)c1cccc(Br)c1. The first-order valence-corrected chi connectivity index (χ1v) is 11.9. The van der Waals surface area contributed by atoms with Gasteiger partial charge in [-0.3, -0.25) is 9.59 Å². The molecule has 0 bridgehead atoms. The number of hydrogen-bond donors (Lipinski definition) is 1. The summed E-state index contributed by atoms with van der Waals surface area (Å²) >= 11 is 3.40. The molecule has 34 heavy (non-hydrogen) atoms. The van der Waals surface area contributed by atoms with Crippen molar-refractivity contribution >= 4 is 33.6 Å². The zero-order valence-corrected chi connectivity index (χ0v) is 21.8. The van der Waals surface area contributed by atoms with Crippen molar-refractivity contribution < 1.29 is 14.3 Å². The average molecular weight is 527 g/mol. The second-order valence-corrected chi connectivity index (χ2v) is 10.1. The molecule has 2 aromatic carbocycles. The summed E-state index contributed by atoms with van der Waals surface area (Å²) in [7, 11) is 1.57. The largest absolute Gasteiger partial charge is 0.383 e. The van der Waals surface area contributed by atoms with Crippen LogP contribution in [0.2, 0.25) is 0 Å². The van der Waals surface area contributed by atoms with Crippen molar-refractivity contribution in [2.24, 2.45) is 0 Å². The summed E-state index contributed by atoms with van der Waals surface area (Å²) in [6.45, 7) is 8.74. The number of methoxy groups -OCH3 is 1. The predicted molar refractivity (Wildman–Crippen MR) is 138 cm³/mol. The summed E-state index contributed by atoms with van der Waals surface area (Å²) in [4.78, 5) is 27.7. The fourth-order valence-corrected chi connectivity index (χ4v) is 3.73. The quantitative estimate of drug-likeness (QED) is 0.449. The Hall–Kier alpha value is -2.97. The highest BCUT2D eigenvalue weighted by atomic mass is 79.9. The first-order chi connectivity index (χ1) is 16.1. The van der Waals surface area contributed by atoms with E-state index in [1.807, 2.05) is 43.3 Å². The lowest BCUT2D eigenvalue weighted by Gasteiger charge is -2.22. The number of hydrogen-bond acceptors (Lipinski definition) is 4. The lowest BCUT2D eigenvalue weighted by atomic mass is 9.92. The minimum atomic E-state index is -0.312. The number of ether oxygens (including phenoxy) is 1. The Morgan fingerprint density at radius 2 is 1.82 bits per heavy atom. The van der Waals surface area contributed by atoms with Crippen LogP contribution in [0, 0.1) is 6.92 Å². The van der Waals surface area contributed by atoms with Crippen LogP contribution in [-0.2, 0) is 14.9 Å². The number of carbonyl (C=O) groups is 2. The maximum Gasteiger partial charge on any atom is 0.254 e. The Morgan fingerprint density at radius 1 is 1.12 bits per heavy atom. The van der Waals surface area contributed by atoms with E-state index in [2.05, 4.69) is 42.0 Å². The Labute approximate surface area is 209 Å². The van der Waals surface area contributed by atoms with E-state index >= 15 is 0 Å². The van der Waals surface area contributed by atoms with Gasteiger partial charge in [-0.15, -0.1) is 0 Å². The minimum Gasteiger partial charge on any atom is -0.383 e. The molecule has 8 heteroatoms. The Balaban J connectivity index is 1.85. The molecule has 0 aliphatic heterocycles. The monoisotopic (exact) mass is 526 g/mol. The van der Waals surface area contributed by atoms with Gasteiger partial charge in [-0.1, -0.05) is 60.5 Å². The molecule has 1 heterocycles. The minimum absolute atomic E-state index is 0.112. The highest BCUT2D eigenvalue weighted by Crippen LogP contribution is 2.26. The molecular formula is C26H31BrN4O3. The molecule has 1 aromatic heterocycles. The van der Waals surface area contributed by atoms with Gasteiger partial charge >= 0.3 is 0 Å². The molecule has 3 aromatic rings. The van der Waals surface area contributed by atoms with E-state index < -0.39 is 0 Å². The molecule has 0 atom stereocenters. The molecule has 2 amide bonds. The van der Waals surface area contributed by atoms with Gasteiger partial charge in [-0.05, 0) is 37.3 Å². The standard InChI is InChI=1S/C26H31BrN4O3/c1-18-9-11-21(12-10-18)31-23(16-22(29-31)26(2,3)4)28-24(32)17-30(13-14-34-5)25(33)19-7-6-8-20(27)15-19/h6-12,15-16H,13-14,17H2,1-5H3,(H,28,32). The van der Waals surface area contributed by atoms with E-state index in [1.165, 1.54) is 4.90 Å². The molecule has 3 rings (SSSR count). The third-order valence-electron chi connectivity index (χ3n) is 5.28. The first-order valence-electron chi connectivity index (χ1n) is 11.1. The molecule has 0 aliphatic carbocycles. The predicted octanol–water partition coefficient (Wildman–Crippen LogP) is 4.97. The van der Waals surface area contributed by atoms with Gasteiger partial charge < -0.3 is 15.0 Å². The first kappa shape index (κ1) is 25.6. The fraction of sp³-hybridized carbons (Fsp3) is 0.346. The Bertz CT molecular complexity index is 1150. The number of nitrogens with one attached hydrogen (secondary N) is 1. The maximum absolute atomic E-state index is 13.1. The van der Waals surface area contributed by atoms with Gasteiger partial charge in [-0.25, -0.2) is 4.68 Å². The van der Waals surface area contributed by atoms with Crippen LogP contribution in [0.15, 0.2) is 59.1 Å². The normalized spacial score (nSPS) is 11.4. The van der Waals surface area contributed by atoms with Crippen LogP contribution < -0.4 is 5.32 Å². The van der Waals surface area contributed by atoms with Crippen molar-refractivity contribution in [1.29, 1.82) is 0 Å². The maximum atomic E-state index is 13.1. The van der Waals surface area contributed by atoms with E-state index in [0.717, 1.165) is 21.4 Å². The summed E-state index contributed by atoms with van der Waals surface area (Å²) in [6.07, 6.45) is 0. The topological polar surface area (TPSA) is 76.5 Å². The number of anilines is 1. The molecular weight excluding hydrogens is 496 g/mol. The number of halogens is 1. The second kappa shape index (κ2) is 11.0. The summed E-state index contributed by atoms with van der Waals surface area (Å²) < 4.78 is 7.69. The third kappa shape index (κ3) is 6.55. The van der Waals surface area contributed by atoms with Crippen LogP contribution >= 0.6 is 15.9 Å². The van der Waals surface area contributed by atoms with Crippen LogP contribution in [0.5, 0.6) is 0 Å². The van der Waals surface area contributed by atoms with Crippen molar-refractivity contribution in [3.05, 3.63) is 75.9 Å². The van der Waals surface area contributed by atoms with Gasteiger partial charge in [0.15, 0.2) is 0 Å². The number of aromatic nitrogens is 2. The smallest absolute Gasteiger partial charge is 0.254 e. The molecule has 180 valence electrons. The van der Waals surface area contributed by atoms with Crippen LogP contribution in [0.3, 0.4) is 0 Å². The van der Waals surface area contributed by atoms with Gasteiger partial charge in [0.1, 0.15) is 12.4 Å². The Morgan fingerprint density at radius 3 is 2.44 bits per heavy atom. The van der Waals surface area contributed by atoms with Crippen molar-refractivity contribution in [2.75, 3.05) is 32.1 Å². The van der Waals surface area contributed by atoms with Gasteiger partial charge in [0, 0.05) is 35.2 Å². The lowest BCUT2D eigenvalue weighted by Crippen LogP contribution is -2.40. The van der Waals surface area contributed by atoms with Crippen LogP contribution in [-0.4, -0.2) is 53.3 Å². The number of carbonyl (C=O) groups excluding carboxylic acids is 2. The number of amides is 2. The molecule has 7 nitrogen and oxygen atoms in total. The van der Waals surface area contributed by atoms with Crippen molar-refractivity contribution in [1.82, 2.24) is 14.7 Å². The third-order valence-corrected chi connectivity index (χ3v) is 5.78. The summed E-state index contributed by atoms with van der Waals surface area (Å²) in [5, 5.41) is 7.71. The number of aryl methyl sites for hydroxylation is 1. The van der Waals surface area contributed by atoms with Gasteiger partial charge in [-0.2, -0.15) is 5.10 Å². The fourth-order valence-electron chi connectivity index (χ4n) is 3.33. The van der Waals surface area contributed by atoms with Crippen molar-refractivity contribution in [2.45, 2.75) is 33.1 Å².